The maximum Gasteiger partial charge on any atom is 0.330 e. The number of fused-ring (bicyclic) bond motifs is 3. The Labute approximate surface area is 126 Å². The molecule has 0 bridgehead atoms. The molecule has 7 heteroatoms. The van der Waals surface area contributed by atoms with Crippen LogP contribution in [0.3, 0.4) is 0 Å². The van der Waals surface area contributed by atoms with Crippen molar-refractivity contribution >= 4 is 34.5 Å². The fourth-order valence-electron chi connectivity index (χ4n) is 2.25. The summed E-state index contributed by atoms with van der Waals surface area (Å²) in [6.45, 7) is 4.49. The number of carbonyl (C=O) groups is 2. The van der Waals surface area contributed by atoms with Gasteiger partial charge in [-0.2, -0.15) is 0 Å². The number of anilines is 1. The number of rotatable bonds is 1. The van der Waals surface area contributed by atoms with Gasteiger partial charge in [0.05, 0.1) is 0 Å². The second-order valence-corrected chi connectivity index (χ2v) is 4.91. The van der Waals surface area contributed by atoms with E-state index in [4.69, 9.17) is 4.84 Å². The normalized spacial score (nSPS) is 10.9. The van der Waals surface area contributed by atoms with E-state index in [-0.39, 0.29) is 5.82 Å². The highest BCUT2D eigenvalue weighted by Crippen LogP contribution is 2.21. The molecule has 0 aliphatic carbocycles. The van der Waals surface area contributed by atoms with Crippen molar-refractivity contribution in [1.29, 1.82) is 0 Å². The summed E-state index contributed by atoms with van der Waals surface area (Å²) in [7, 11) is 0. The minimum Gasteiger partial charge on any atom is -0.332 e. The van der Waals surface area contributed by atoms with Crippen molar-refractivity contribution in [1.82, 2.24) is 14.4 Å². The smallest absolute Gasteiger partial charge is 0.330 e. The zero-order valence-electron chi connectivity index (χ0n) is 12.4. The third-order valence-electron chi connectivity index (χ3n) is 3.17. The minimum atomic E-state index is -0.592. The molecule has 1 amide bonds. The first kappa shape index (κ1) is 14.0. The lowest BCUT2D eigenvalue weighted by molar-refractivity contribution is -0.147. The van der Waals surface area contributed by atoms with Gasteiger partial charge in [-0.05, 0) is 30.7 Å². The van der Waals surface area contributed by atoms with Crippen molar-refractivity contribution in [2.75, 3.05) is 5.06 Å². The summed E-state index contributed by atoms with van der Waals surface area (Å²) >= 11 is 0. The number of pyridine rings is 2. The molecule has 0 aliphatic rings. The van der Waals surface area contributed by atoms with Crippen molar-refractivity contribution in [3.05, 3.63) is 36.0 Å². The van der Waals surface area contributed by atoms with E-state index in [1.54, 1.807) is 12.1 Å². The summed E-state index contributed by atoms with van der Waals surface area (Å²) in [5.74, 6) is -0.795. The highest BCUT2D eigenvalue weighted by Gasteiger charge is 2.18. The Morgan fingerprint density at radius 1 is 1.14 bits per heavy atom. The number of aryl methyl sites for hydroxylation is 1. The molecule has 3 rings (SSSR count). The number of hydrogen-bond donors (Lipinski definition) is 0. The lowest BCUT2D eigenvalue weighted by Gasteiger charge is -2.17. The molecule has 3 aromatic rings. The minimum absolute atomic E-state index is 0.235. The summed E-state index contributed by atoms with van der Waals surface area (Å²) in [5, 5.41) is 0.872. The zero-order chi connectivity index (χ0) is 15.9. The van der Waals surface area contributed by atoms with Crippen LogP contribution < -0.4 is 5.06 Å². The zero-order valence-corrected chi connectivity index (χ0v) is 12.4. The van der Waals surface area contributed by atoms with Gasteiger partial charge in [0.1, 0.15) is 11.2 Å². The van der Waals surface area contributed by atoms with Crippen molar-refractivity contribution in [3.63, 3.8) is 0 Å². The van der Waals surface area contributed by atoms with Gasteiger partial charge in [0.25, 0.3) is 5.91 Å². The first-order valence-electron chi connectivity index (χ1n) is 6.71. The standard InChI is InChI=1S/C15H14N4O3/c1-9-5-4-8-18-14(9)16-12-6-7-13(17-15(12)18)19(10(2)20)22-11(3)21/h4-8H,1-3H3. The van der Waals surface area contributed by atoms with Crippen LogP contribution in [0.2, 0.25) is 0 Å². The van der Waals surface area contributed by atoms with Crippen molar-refractivity contribution in [2.24, 2.45) is 0 Å². The average molecular weight is 298 g/mol. The van der Waals surface area contributed by atoms with Gasteiger partial charge in [-0.15, -0.1) is 5.06 Å². The van der Waals surface area contributed by atoms with Gasteiger partial charge in [0.15, 0.2) is 11.5 Å². The molecule has 0 saturated carbocycles. The molecule has 0 radical (unpaired) electrons. The molecule has 0 fully saturated rings. The first-order valence-corrected chi connectivity index (χ1v) is 6.71. The number of nitrogens with zero attached hydrogens (tertiary/aromatic N) is 4. The van der Waals surface area contributed by atoms with E-state index in [2.05, 4.69) is 9.97 Å². The largest absolute Gasteiger partial charge is 0.332 e. The molecule has 0 saturated heterocycles. The van der Waals surface area contributed by atoms with Crippen LogP contribution in [0, 0.1) is 6.92 Å². The van der Waals surface area contributed by atoms with Crippen LogP contribution in [0.15, 0.2) is 30.5 Å². The lowest BCUT2D eigenvalue weighted by Crippen LogP contribution is -2.31. The summed E-state index contributed by atoms with van der Waals surface area (Å²) in [5.41, 5.74) is 3.11. The number of carbonyl (C=O) groups excluding carboxylic acids is 2. The number of hydrogen-bond acceptors (Lipinski definition) is 5. The van der Waals surface area contributed by atoms with Crippen LogP contribution in [0.1, 0.15) is 19.4 Å². The Bertz CT molecular complexity index is 900. The third kappa shape index (κ3) is 2.26. The molecular formula is C15H14N4O3. The highest BCUT2D eigenvalue weighted by molar-refractivity contribution is 5.91. The van der Waals surface area contributed by atoms with Gasteiger partial charge in [-0.1, -0.05) is 6.07 Å². The van der Waals surface area contributed by atoms with Crippen LogP contribution in [-0.2, 0) is 14.4 Å². The highest BCUT2D eigenvalue weighted by atomic mass is 16.7. The number of hydroxylamine groups is 1. The fraction of sp³-hybridized carbons (Fsp3) is 0.200. The predicted octanol–water partition coefficient (Wildman–Crippen LogP) is 2.02. The Morgan fingerprint density at radius 3 is 2.59 bits per heavy atom. The van der Waals surface area contributed by atoms with Gasteiger partial charge in [-0.25, -0.2) is 14.8 Å². The van der Waals surface area contributed by atoms with Gasteiger partial charge >= 0.3 is 5.97 Å². The molecule has 0 spiro atoms. The molecule has 3 heterocycles. The Balaban J connectivity index is 2.20. The topological polar surface area (TPSA) is 76.8 Å². The molecule has 0 aromatic carbocycles. The van der Waals surface area contributed by atoms with Crippen LogP contribution in [0.25, 0.3) is 16.8 Å². The molecule has 0 N–H and O–H groups in total. The number of imidazole rings is 1. The summed E-state index contributed by atoms with van der Waals surface area (Å²) in [4.78, 5) is 36.6. The van der Waals surface area contributed by atoms with Crippen LogP contribution in [0.4, 0.5) is 5.82 Å². The number of amides is 1. The first-order chi connectivity index (χ1) is 10.5. The Morgan fingerprint density at radius 2 is 1.91 bits per heavy atom. The van der Waals surface area contributed by atoms with E-state index in [9.17, 15) is 9.59 Å². The summed E-state index contributed by atoms with van der Waals surface area (Å²) < 4.78 is 1.83. The third-order valence-corrected chi connectivity index (χ3v) is 3.17. The van der Waals surface area contributed by atoms with Crippen LogP contribution >= 0.6 is 0 Å². The van der Waals surface area contributed by atoms with Crippen molar-refractivity contribution < 1.29 is 14.4 Å². The molecule has 7 nitrogen and oxygen atoms in total. The van der Waals surface area contributed by atoms with E-state index < -0.39 is 11.9 Å². The maximum atomic E-state index is 11.7. The van der Waals surface area contributed by atoms with E-state index in [0.29, 0.717) is 11.2 Å². The van der Waals surface area contributed by atoms with Crippen LogP contribution in [0.5, 0.6) is 0 Å². The maximum absolute atomic E-state index is 11.7. The molecule has 112 valence electrons. The number of aromatic nitrogens is 3. The summed E-state index contributed by atoms with van der Waals surface area (Å²) in [6.07, 6.45) is 1.85. The second-order valence-electron chi connectivity index (χ2n) is 4.91. The molecule has 0 atom stereocenters. The van der Waals surface area contributed by atoms with E-state index in [1.165, 1.54) is 13.8 Å². The van der Waals surface area contributed by atoms with E-state index in [0.717, 1.165) is 16.3 Å². The average Bonchev–Trinajstić information content (AvgIpc) is 2.84. The van der Waals surface area contributed by atoms with E-state index in [1.807, 2.05) is 29.7 Å². The Hall–Kier alpha value is -2.96. The predicted molar refractivity (Wildman–Crippen MR) is 80.2 cm³/mol. The van der Waals surface area contributed by atoms with Crippen LogP contribution in [-0.4, -0.2) is 26.2 Å². The lowest BCUT2D eigenvalue weighted by atomic mass is 10.3. The quantitative estimate of drug-likeness (QED) is 0.642. The second kappa shape index (κ2) is 5.10. The molecule has 0 unspecified atom stereocenters. The van der Waals surface area contributed by atoms with Gasteiger partial charge in [0, 0.05) is 20.0 Å². The van der Waals surface area contributed by atoms with Gasteiger partial charge in [0.2, 0.25) is 0 Å². The SMILES string of the molecule is CC(=O)ON(C(C)=O)c1ccc2nc3c(C)cccn3c2n1. The van der Waals surface area contributed by atoms with E-state index >= 15 is 0 Å². The Kier molecular flexibility index (Phi) is 3.25. The van der Waals surface area contributed by atoms with Crippen molar-refractivity contribution in [2.45, 2.75) is 20.8 Å². The monoisotopic (exact) mass is 298 g/mol. The van der Waals surface area contributed by atoms with Gasteiger partial charge in [-0.3, -0.25) is 9.20 Å². The molecule has 0 aliphatic heterocycles. The van der Waals surface area contributed by atoms with Crippen molar-refractivity contribution in [3.8, 4) is 0 Å². The molecule has 3 aromatic heterocycles. The fourth-order valence-corrected chi connectivity index (χ4v) is 2.25. The van der Waals surface area contributed by atoms with Gasteiger partial charge < -0.3 is 4.84 Å². The summed E-state index contributed by atoms with van der Waals surface area (Å²) in [6, 6.07) is 7.19. The molecular weight excluding hydrogens is 284 g/mol. The molecule has 22 heavy (non-hydrogen) atoms.